The van der Waals surface area contributed by atoms with E-state index in [9.17, 15) is 4.79 Å². The Labute approximate surface area is 109 Å². The molecule has 0 aliphatic heterocycles. The van der Waals surface area contributed by atoms with Gasteiger partial charge >= 0.3 is 5.97 Å². The van der Waals surface area contributed by atoms with Crippen LogP contribution in [0.5, 0.6) is 0 Å². The number of carboxylic acid groups (broad SMARTS) is 1. The molecule has 94 valence electrons. The molecule has 5 heteroatoms. The molecule has 17 heavy (non-hydrogen) atoms. The van der Waals surface area contributed by atoms with Crippen molar-refractivity contribution in [3.05, 3.63) is 28.2 Å². The van der Waals surface area contributed by atoms with Crippen LogP contribution >= 0.6 is 15.9 Å². The molecule has 0 unspecified atom stereocenters. The van der Waals surface area contributed by atoms with E-state index in [-0.39, 0.29) is 0 Å². The van der Waals surface area contributed by atoms with Crippen molar-refractivity contribution < 1.29 is 14.6 Å². The van der Waals surface area contributed by atoms with Gasteiger partial charge in [0, 0.05) is 24.7 Å². The van der Waals surface area contributed by atoms with Crippen molar-refractivity contribution in [3.63, 3.8) is 0 Å². The van der Waals surface area contributed by atoms with E-state index in [0.717, 1.165) is 4.47 Å². The Hall–Kier alpha value is -1.07. The molecule has 0 radical (unpaired) electrons. The van der Waals surface area contributed by atoms with Crippen LogP contribution in [0, 0.1) is 0 Å². The van der Waals surface area contributed by atoms with Gasteiger partial charge in [0.2, 0.25) is 0 Å². The SMILES string of the molecule is CCOCCN(C)c1cc(Br)ccc1C(=O)O. The second-order valence-corrected chi connectivity index (χ2v) is 4.50. The number of benzene rings is 1. The van der Waals surface area contributed by atoms with E-state index in [1.807, 2.05) is 18.9 Å². The third-order valence-electron chi connectivity index (χ3n) is 2.38. The van der Waals surface area contributed by atoms with E-state index in [2.05, 4.69) is 15.9 Å². The first-order valence-corrected chi connectivity index (χ1v) is 6.17. The van der Waals surface area contributed by atoms with Gasteiger partial charge in [-0.05, 0) is 25.1 Å². The highest BCUT2D eigenvalue weighted by Crippen LogP contribution is 2.24. The fourth-order valence-corrected chi connectivity index (χ4v) is 1.82. The van der Waals surface area contributed by atoms with Crippen LogP contribution in [0.25, 0.3) is 0 Å². The highest BCUT2D eigenvalue weighted by atomic mass is 79.9. The first-order valence-electron chi connectivity index (χ1n) is 5.38. The molecule has 1 rings (SSSR count). The summed E-state index contributed by atoms with van der Waals surface area (Å²) >= 11 is 3.34. The Bertz CT molecular complexity index is 395. The highest BCUT2D eigenvalue weighted by Gasteiger charge is 2.13. The van der Waals surface area contributed by atoms with Crippen molar-refractivity contribution in [2.45, 2.75) is 6.92 Å². The molecule has 1 aromatic rings. The van der Waals surface area contributed by atoms with Crippen LogP contribution in [-0.4, -0.2) is 37.9 Å². The Morgan fingerprint density at radius 1 is 1.53 bits per heavy atom. The van der Waals surface area contributed by atoms with Gasteiger partial charge in [-0.25, -0.2) is 4.79 Å². The minimum absolute atomic E-state index is 0.298. The van der Waals surface area contributed by atoms with E-state index >= 15 is 0 Å². The molecule has 0 aliphatic carbocycles. The van der Waals surface area contributed by atoms with E-state index in [1.165, 1.54) is 0 Å². The van der Waals surface area contributed by atoms with Crippen LogP contribution in [0.2, 0.25) is 0 Å². The number of rotatable bonds is 6. The summed E-state index contributed by atoms with van der Waals surface area (Å²) in [6.45, 7) is 3.84. The van der Waals surface area contributed by atoms with Gasteiger partial charge < -0.3 is 14.7 Å². The predicted molar refractivity (Wildman–Crippen MR) is 70.9 cm³/mol. The second-order valence-electron chi connectivity index (χ2n) is 3.59. The zero-order valence-corrected chi connectivity index (χ0v) is 11.5. The van der Waals surface area contributed by atoms with Gasteiger partial charge in [-0.1, -0.05) is 15.9 Å². The predicted octanol–water partition coefficient (Wildman–Crippen LogP) is 2.62. The number of aromatic carboxylic acids is 1. The van der Waals surface area contributed by atoms with Crippen LogP contribution in [0.4, 0.5) is 5.69 Å². The molecule has 0 bridgehead atoms. The standard InChI is InChI=1S/C12H16BrNO3/c1-3-17-7-6-14(2)11-8-9(13)4-5-10(11)12(15)16/h4-5,8H,3,6-7H2,1-2H3,(H,15,16). The number of hydrogen-bond donors (Lipinski definition) is 1. The summed E-state index contributed by atoms with van der Waals surface area (Å²) in [6, 6.07) is 5.12. The third-order valence-corrected chi connectivity index (χ3v) is 2.87. The van der Waals surface area contributed by atoms with Gasteiger partial charge in [0.05, 0.1) is 17.9 Å². The van der Waals surface area contributed by atoms with Gasteiger partial charge in [0.1, 0.15) is 0 Å². The van der Waals surface area contributed by atoms with Crippen molar-refractivity contribution in [2.24, 2.45) is 0 Å². The van der Waals surface area contributed by atoms with Crippen LogP contribution in [0.1, 0.15) is 17.3 Å². The van der Waals surface area contributed by atoms with Gasteiger partial charge in [-0.3, -0.25) is 0 Å². The second kappa shape index (κ2) is 6.61. The topological polar surface area (TPSA) is 49.8 Å². The van der Waals surface area contributed by atoms with E-state index in [0.29, 0.717) is 31.0 Å². The molecule has 0 amide bonds. The van der Waals surface area contributed by atoms with Gasteiger partial charge in [-0.2, -0.15) is 0 Å². The lowest BCUT2D eigenvalue weighted by molar-refractivity contribution is 0.0697. The molecule has 0 saturated carbocycles. The maximum atomic E-state index is 11.1. The normalized spacial score (nSPS) is 10.3. The number of carbonyl (C=O) groups is 1. The van der Waals surface area contributed by atoms with Crippen molar-refractivity contribution in [2.75, 3.05) is 31.7 Å². The van der Waals surface area contributed by atoms with E-state index in [1.54, 1.807) is 18.2 Å². The molecular weight excluding hydrogens is 286 g/mol. The quantitative estimate of drug-likeness (QED) is 0.821. The van der Waals surface area contributed by atoms with Crippen LogP contribution in [0.15, 0.2) is 22.7 Å². The first-order chi connectivity index (χ1) is 8.06. The van der Waals surface area contributed by atoms with Crippen LogP contribution in [0.3, 0.4) is 0 Å². The minimum Gasteiger partial charge on any atom is -0.478 e. The molecular formula is C12H16BrNO3. The number of nitrogens with zero attached hydrogens (tertiary/aromatic N) is 1. The Morgan fingerprint density at radius 2 is 2.24 bits per heavy atom. The number of carboxylic acids is 1. The Kier molecular flexibility index (Phi) is 5.44. The average molecular weight is 302 g/mol. The summed E-state index contributed by atoms with van der Waals surface area (Å²) < 4.78 is 6.12. The summed E-state index contributed by atoms with van der Waals surface area (Å²) in [5, 5.41) is 9.10. The maximum Gasteiger partial charge on any atom is 0.337 e. The fourth-order valence-electron chi connectivity index (χ4n) is 1.47. The van der Waals surface area contributed by atoms with Crippen LogP contribution in [-0.2, 0) is 4.74 Å². The molecule has 0 fully saturated rings. The fraction of sp³-hybridized carbons (Fsp3) is 0.417. The lowest BCUT2D eigenvalue weighted by atomic mass is 10.1. The number of halogens is 1. The van der Waals surface area contributed by atoms with Gasteiger partial charge in [-0.15, -0.1) is 0 Å². The highest BCUT2D eigenvalue weighted by molar-refractivity contribution is 9.10. The molecule has 1 N–H and O–H groups in total. The molecule has 0 heterocycles. The summed E-state index contributed by atoms with van der Waals surface area (Å²) in [5.41, 5.74) is 0.985. The first kappa shape index (κ1) is 14.0. The Balaban J connectivity index is 2.86. The van der Waals surface area contributed by atoms with Gasteiger partial charge in [0.15, 0.2) is 0 Å². The van der Waals surface area contributed by atoms with Crippen LogP contribution < -0.4 is 4.90 Å². The van der Waals surface area contributed by atoms with Crippen molar-refractivity contribution in [3.8, 4) is 0 Å². The molecule has 0 aliphatic rings. The summed E-state index contributed by atoms with van der Waals surface area (Å²) in [6.07, 6.45) is 0. The molecule has 0 saturated heterocycles. The lowest BCUT2D eigenvalue weighted by Gasteiger charge is -2.21. The molecule has 4 nitrogen and oxygen atoms in total. The maximum absolute atomic E-state index is 11.1. The zero-order chi connectivity index (χ0) is 12.8. The van der Waals surface area contributed by atoms with E-state index in [4.69, 9.17) is 9.84 Å². The minimum atomic E-state index is -0.921. The Morgan fingerprint density at radius 3 is 2.82 bits per heavy atom. The molecule has 1 aromatic carbocycles. The van der Waals surface area contributed by atoms with Crippen molar-refractivity contribution in [1.82, 2.24) is 0 Å². The molecule has 0 spiro atoms. The molecule has 0 atom stereocenters. The number of hydrogen-bond acceptors (Lipinski definition) is 3. The number of likely N-dealkylation sites (N-methyl/N-ethyl adjacent to an activating group) is 1. The van der Waals surface area contributed by atoms with Gasteiger partial charge in [0.25, 0.3) is 0 Å². The largest absolute Gasteiger partial charge is 0.478 e. The number of anilines is 1. The summed E-state index contributed by atoms with van der Waals surface area (Å²) in [4.78, 5) is 13.0. The third kappa shape index (κ3) is 4.02. The summed E-state index contributed by atoms with van der Waals surface area (Å²) in [5.74, 6) is -0.921. The van der Waals surface area contributed by atoms with Crippen molar-refractivity contribution >= 4 is 27.6 Å². The summed E-state index contributed by atoms with van der Waals surface area (Å²) in [7, 11) is 1.85. The van der Waals surface area contributed by atoms with Crippen molar-refractivity contribution in [1.29, 1.82) is 0 Å². The lowest BCUT2D eigenvalue weighted by Crippen LogP contribution is -2.24. The number of ether oxygens (including phenoxy) is 1. The monoisotopic (exact) mass is 301 g/mol. The average Bonchev–Trinajstić information content (AvgIpc) is 2.28. The smallest absolute Gasteiger partial charge is 0.337 e. The zero-order valence-electron chi connectivity index (χ0n) is 9.94. The molecule has 0 aromatic heterocycles. The van der Waals surface area contributed by atoms with E-state index < -0.39 is 5.97 Å².